The van der Waals surface area contributed by atoms with Gasteiger partial charge in [0.2, 0.25) is 0 Å². The molecule has 5 nitrogen and oxygen atoms in total. The zero-order valence-electron chi connectivity index (χ0n) is 48.8. The van der Waals surface area contributed by atoms with Gasteiger partial charge in [0.05, 0.1) is 0 Å². The van der Waals surface area contributed by atoms with Gasteiger partial charge in [0.1, 0.15) is 18.5 Å². The molecule has 8 fully saturated rings. The van der Waals surface area contributed by atoms with Crippen LogP contribution < -0.4 is 0 Å². The molecule has 0 radical (unpaired) electrons. The molecule has 0 aliphatic heterocycles. The summed E-state index contributed by atoms with van der Waals surface area (Å²) in [6.07, 6.45) is 27.6. The van der Waals surface area contributed by atoms with Gasteiger partial charge in [-0.3, -0.25) is 9.59 Å². The maximum absolute atomic E-state index is 13.8. The third-order valence-corrected chi connectivity index (χ3v) is 32.4. The topological polar surface area (TPSA) is 69.7 Å². The molecule has 0 aromatic carbocycles. The van der Waals surface area contributed by atoms with Crippen molar-refractivity contribution >= 4 is 34.5 Å². The number of hydrogen-bond donors (Lipinski definition) is 0. The molecule has 0 amide bonds. The maximum atomic E-state index is 13.8. The van der Waals surface area contributed by atoms with Crippen molar-refractivity contribution < 1.29 is 23.2 Å². The van der Waals surface area contributed by atoms with Gasteiger partial charge in [-0.1, -0.05) is 146 Å². The minimum absolute atomic E-state index is 0.130. The summed E-state index contributed by atoms with van der Waals surface area (Å²) >= 11 is 0. The molecule has 17 atom stereocenters. The fourth-order valence-corrected chi connectivity index (χ4v) is 18.7. The molecule has 0 N–H and O–H groups in total. The average Bonchev–Trinajstić information content (AvgIpc) is 3.99. The molecule has 0 spiro atoms. The molecular weight excluding hydrogens is 893 g/mol. The van der Waals surface area contributed by atoms with Crippen molar-refractivity contribution in [3.05, 3.63) is 35.5 Å². The Bertz CT molecular complexity index is 2060. The minimum atomic E-state index is -1.95. The quantitative estimate of drug-likeness (QED) is 0.104. The molecule has 0 heterocycles. The molecule has 70 heavy (non-hydrogen) atoms. The van der Waals surface area contributed by atoms with Gasteiger partial charge in [0.25, 0.3) is 0 Å². The van der Waals surface area contributed by atoms with Crippen molar-refractivity contribution in [2.45, 2.75) is 249 Å². The van der Waals surface area contributed by atoms with Crippen LogP contribution in [0.2, 0.25) is 36.3 Å². The summed E-state index contributed by atoms with van der Waals surface area (Å²) in [7, 11) is -3.89. The molecule has 8 aliphatic carbocycles. The highest BCUT2D eigenvalue weighted by Crippen LogP contribution is 2.69. The number of allylic oxidation sites excluding steroid dienone is 6. The van der Waals surface area contributed by atoms with Crippen LogP contribution >= 0.6 is 0 Å². The number of carbonyl (C=O) groups excluding carboxylic acids is 3. The Kier molecular flexibility index (Phi) is 15.5. The second-order valence-electron chi connectivity index (χ2n) is 30.5. The zero-order valence-corrected chi connectivity index (χ0v) is 50.8. The number of ketones is 2. The Morgan fingerprint density at radius 3 is 1.33 bits per heavy atom. The van der Waals surface area contributed by atoms with Crippen LogP contribution in [0, 0.1) is 92.2 Å². The summed E-state index contributed by atoms with van der Waals surface area (Å²) in [6.45, 7) is 46.4. The van der Waals surface area contributed by atoms with Crippen molar-refractivity contribution in [3.63, 3.8) is 0 Å². The lowest BCUT2D eigenvalue weighted by molar-refractivity contribution is -0.130. The first-order valence-corrected chi connectivity index (χ1v) is 34.9. The number of fused-ring (bicyclic) bond motifs is 4. The van der Waals surface area contributed by atoms with Crippen LogP contribution in [0.15, 0.2) is 35.5 Å². The van der Waals surface area contributed by atoms with Crippen LogP contribution in [-0.2, 0) is 23.2 Å². The van der Waals surface area contributed by atoms with Crippen LogP contribution in [0.3, 0.4) is 0 Å². The van der Waals surface area contributed by atoms with Gasteiger partial charge in [0.15, 0.2) is 28.2 Å². The van der Waals surface area contributed by atoms with E-state index >= 15 is 0 Å². The Morgan fingerprint density at radius 2 is 0.971 bits per heavy atom. The number of rotatable bonds is 13. The fraction of sp³-hybridized carbons (Fsp3) is 0.857. The highest BCUT2D eigenvalue weighted by atomic mass is 28.4. The van der Waals surface area contributed by atoms with Gasteiger partial charge < -0.3 is 13.6 Å². The molecule has 2 unspecified atom stereocenters. The highest BCUT2D eigenvalue weighted by molar-refractivity contribution is 6.74. The average molecular weight is 1000 g/mol. The smallest absolute Gasteiger partial charge is 0.193 e. The standard InChI is InChI=1S/C35H60O2Si.C28H46O3Si/c1-23(15-16-24(2)32(4,5)6)28-17-18-29-26(14-13-19-34(28,29)10)20-25(3)35-22-27(35)21-30(31(35)36)37-38(11,12)33(7,8)9;1-18(17-29)22-11-12-23-20(10-9-13-27(22,23)6)14-19(2)28-16-21(28)15-24(25(28)30)31-32(7,8)26(3,4)5/h15-16,20,23-25,27-30H,13-14,17-19,21-22H2,1-12H3;14,17-19,21-24H,9-13,15-16H2,1-8H3/b16-15+,26-20+;20-14+/t23-,24+,25-,27?,28-,29+,30+,34-,35-;18-,19-,21?,22-,23+,24+,27-,28-/m11/s1. The SMILES string of the molecule is C[C@H](/C=C/[C@H](C)C(C)(C)C)[C@H]1CC[C@H]2/C(=C/[C@@H](C)[C@]34CC3C[C@H](O[Si](C)(C)C(C)(C)C)C4=O)CCC[C@]12C.C[C@H](C=O)[C@H]1CC[C@H]2/C(=C/[C@@H](C)[C@]34CC3C[C@H](O[Si](C)(C)C(C)(C)C)C4=O)CCC[C@]12C. The predicted molar refractivity (Wildman–Crippen MR) is 297 cm³/mol. The van der Waals surface area contributed by atoms with E-state index in [9.17, 15) is 14.4 Å². The Balaban J connectivity index is 0.000000209. The van der Waals surface area contributed by atoms with E-state index in [4.69, 9.17) is 8.85 Å². The van der Waals surface area contributed by atoms with Crippen LogP contribution in [0.25, 0.3) is 0 Å². The summed E-state index contributed by atoms with van der Waals surface area (Å²) in [5, 5.41) is 0.272. The van der Waals surface area contributed by atoms with Gasteiger partial charge >= 0.3 is 0 Å². The first-order chi connectivity index (χ1) is 32.1. The lowest BCUT2D eigenvalue weighted by Crippen LogP contribution is -2.46. The number of Topliss-reactive ketones (excluding diaryl/α,β-unsaturated/α-hetero) is 2. The van der Waals surface area contributed by atoms with Gasteiger partial charge in [-0.05, 0) is 202 Å². The summed E-state index contributed by atoms with van der Waals surface area (Å²) in [5.74, 6) is 6.46. The lowest BCUT2D eigenvalue weighted by atomic mass is 9.60. The van der Waals surface area contributed by atoms with Crippen molar-refractivity contribution in [3.8, 4) is 0 Å². The third kappa shape index (κ3) is 9.96. The molecule has 8 saturated carbocycles. The van der Waals surface area contributed by atoms with E-state index in [1.165, 1.54) is 70.5 Å². The van der Waals surface area contributed by atoms with Crippen LogP contribution in [-0.4, -0.2) is 46.7 Å². The Labute approximate surface area is 432 Å². The first kappa shape index (κ1) is 56.3. The van der Waals surface area contributed by atoms with Crippen LogP contribution in [0.1, 0.15) is 201 Å². The zero-order chi connectivity index (χ0) is 52.2. The highest BCUT2D eigenvalue weighted by Gasteiger charge is 2.71. The third-order valence-electron chi connectivity index (χ3n) is 23.5. The maximum Gasteiger partial charge on any atom is 0.193 e. The Morgan fingerprint density at radius 1 is 0.586 bits per heavy atom. The van der Waals surface area contributed by atoms with E-state index in [1.54, 1.807) is 11.1 Å². The van der Waals surface area contributed by atoms with E-state index < -0.39 is 16.6 Å². The largest absolute Gasteiger partial charge is 0.407 e. The molecule has 0 aromatic rings. The molecule has 0 bridgehead atoms. The summed E-state index contributed by atoms with van der Waals surface area (Å²) in [6, 6.07) is 0. The normalized spacial score (nSPS) is 40.8. The van der Waals surface area contributed by atoms with Gasteiger partial charge in [-0.2, -0.15) is 0 Å². The van der Waals surface area contributed by atoms with Crippen molar-refractivity contribution in [2.24, 2.45) is 92.2 Å². The van der Waals surface area contributed by atoms with E-state index in [-0.39, 0.29) is 44.4 Å². The van der Waals surface area contributed by atoms with Crippen molar-refractivity contribution in [1.29, 1.82) is 0 Å². The second kappa shape index (κ2) is 19.3. The molecule has 8 aliphatic rings. The summed E-state index contributed by atoms with van der Waals surface area (Å²) in [4.78, 5) is 39.1. The summed E-state index contributed by atoms with van der Waals surface area (Å²) in [5.41, 5.74) is 3.95. The lowest BCUT2D eigenvalue weighted by Gasteiger charge is -2.44. The molecule has 396 valence electrons. The van der Waals surface area contributed by atoms with Crippen LogP contribution in [0.4, 0.5) is 0 Å². The second-order valence-corrected chi connectivity index (χ2v) is 40.0. The molecule has 7 heteroatoms. The number of carbonyl (C=O) groups is 3. The fourth-order valence-electron chi connectivity index (χ4n) is 16.1. The van der Waals surface area contributed by atoms with Crippen molar-refractivity contribution in [1.82, 2.24) is 0 Å². The number of hydrogen-bond acceptors (Lipinski definition) is 5. The van der Waals surface area contributed by atoms with Crippen LogP contribution in [0.5, 0.6) is 0 Å². The molecular formula is C63H106O5Si2. The number of aldehydes is 1. The van der Waals surface area contributed by atoms with Gasteiger partial charge in [0, 0.05) is 16.7 Å². The van der Waals surface area contributed by atoms with Gasteiger partial charge in [-0.25, -0.2) is 0 Å². The van der Waals surface area contributed by atoms with E-state index in [1.807, 2.05) is 0 Å². The predicted octanol–water partition coefficient (Wildman–Crippen LogP) is 17.0. The Hall–Kier alpha value is -1.42. The first-order valence-electron chi connectivity index (χ1n) is 29.1. The monoisotopic (exact) mass is 999 g/mol. The minimum Gasteiger partial charge on any atom is -0.407 e. The van der Waals surface area contributed by atoms with E-state index in [0.29, 0.717) is 75.7 Å². The van der Waals surface area contributed by atoms with Crippen molar-refractivity contribution in [2.75, 3.05) is 0 Å². The molecule has 0 aromatic heterocycles. The molecule has 0 saturated heterocycles. The summed E-state index contributed by atoms with van der Waals surface area (Å²) < 4.78 is 13.3. The van der Waals surface area contributed by atoms with E-state index in [2.05, 4.69) is 161 Å². The van der Waals surface area contributed by atoms with Gasteiger partial charge in [-0.15, -0.1) is 0 Å². The van der Waals surface area contributed by atoms with E-state index in [0.717, 1.165) is 31.6 Å². The molecule has 8 rings (SSSR count).